The van der Waals surface area contributed by atoms with Gasteiger partial charge < -0.3 is 10.6 Å². The highest BCUT2D eigenvalue weighted by Crippen LogP contribution is 2.43. The summed E-state index contributed by atoms with van der Waals surface area (Å²) in [6.07, 6.45) is 0. The molecule has 0 fully saturated rings. The van der Waals surface area contributed by atoms with Crippen LogP contribution >= 0.6 is 11.3 Å². The average Bonchev–Trinajstić information content (AvgIpc) is 2.66. The van der Waals surface area contributed by atoms with Gasteiger partial charge in [-0.05, 0) is 41.5 Å². The van der Waals surface area contributed by atoms with Crippen molar-refractivity contribution >= 4 is 32.8 Å². The molecule has 27 heavy (non-hydrogen) atoms. The molecule has 1 heterocycles. The first-order valence-electron chi connectivity index (χ1n) is 8.98. The van der Waals surface area contributed by atoms with Gasteiger partial charge in [-0.25, -0.2) is 4.58 Å². The Morgan fingerprint density at radius 3 is 2.30 bits per heavy atom. The van der Waals surface area contributed by atoms with Gasteiger partial charge in [-0.1, -0.05) is 18.2 Å². The first-order chi connectivity index (χ1) is 12.9. The summed E-state index contributed by atoms with van der Waals surface area (Å²) in [5, 5.41) is 2.49. The SMILES string of the molecule is CN(C)c1ccc2c(-c3ccc(N)cc3)c3ccc(=[N+](C)C)cc-3sc2c1. The zero-order chi connectivity index (χ0) is 19.1. The summed E-state index contributed by atoms with van der Waals surface area (Å²) in [6.45, 7) is 0. The van der Waals surface area contributed by atoms with Crippen molar-refractivity contribution in [2.24, 2.45) is 0 Å². The Hall–Kier alpha value is -2.85. The molecule has 0 unspecified atom stereocenters. The van der Waals surface area contributed by atoms with Gasteiger partial charge in [-0.15, -0.1) is 11.3 Å². The Morgan fingerprint density at radius 1 is 0.889 bits per heavy atom. The first kappa shape index (κ1) is 17.6. The number of anilines is 2. The minimum absolute atomic E-state index is 0.788. The number of rotatable bonds is 2. The Labute approximate surface area is 164 Å². The van der Waals surface area contributed by atoms with Gasteiger partial charge in [0.1, 0.15) is 14.1 Å². The van der Waals surface area contributed by atoms with E-state index in [0.717, 1.165) is 5.69 Å². The molecule has 0 spiro atoms. The summed E-state index contributed by atoms with van der Waals surface area (Å²) in [4.78, 5) is 3.44. The van der Waals surface area contributed by atoms with Crippen LogP contribution in [-0.4, -0.2) is 28.2 Å². The molecule has 136 valence electrons. The van der Waals surface area contributed by atoms with E-state index in [1.165, 1.54) is 42.7 Å². The maximum atomic E-state index is 5.93. The van der Waals surface area contributed by atoms with Crippen LogP contribution < -0.4 is 20.6 Å². The molecule has 0 saturated heterocycles. The van der Waals surface area contributed by atoms with E-state index in [-0.39, 0.29) is 0 Å². The predicted molar refractivity (Wildman–Crippen MR) is 120 cm³/mol. The fraction of sp³-hybridized carbons (Fsp3) is 0.174. The normalized spacial score (nSPS) is 11.1. The van der Waals surface area contributed by atoms with Crippen LogP contribution in [0.1, 0.15) is 0 Å². The molecule has 0 bridgehead atoms. The molecular weight excluding hydrogens is 350 g/mol. The summed E-state index contributed by atoms with van der Waals surface area (Å²) in [6, 6.07) is 21.6. The Kier molecular flexibility index (Phi) is 4.36. The molecule has 2 N–H and O–H groups in total. The molecule has 2 aromatic carbocycles. The summed E-state index contributed by atoms with van der Waals surface area (Å²) in [5.41, 5.74) is 11.7. The summed E-state index contributed by atoms with van der Waals surface area (Å²) >= 11 is 1.85. The van der Waals surface area contributed by atoms with Gasteiger partial charge in [-0.3, -0.25) is 0 Å². The smallest absolute Gasteiger partial charge is 0.200 e. The van der Waals surface area contributed by atoms with Gasteiger partial charge >= 0.3 is 0 Å². The number of nitrogen functional groups attached to an aromatic ring is 1. The molecule has 4 heteroatoms. The highest BCUT2D eigenvalue weighted by atomic mass is 32.1. The summed E-state index contributed by atoms with van der Waals surface area (Å²) in [7, 11) is 8.33. The van der Waals surface area contributed by atoms with Crippen LogP contribution in [0, 0.1) is 0 Å². The molecular formula is C23H24N3S+. The zero-order valence-corrected chi connectivity index (χ0v) is 17.0. The largest absolute Gasteiger partial charge is 0.399 e. The van der Waals surface area contributed by atoms with E-state index in [4.69, 9.17) is 5.73 Å². The summed E-state index contributed by atoms with van der Waals surface area (Å²) in [5.74, 6) is 0. The van der Waals surface area contributed by atoms with Crippen molar-refractivity contribution in [3.8, 4) is 21.6 Å². The summed E-state index contributed by atoms with van der Waals surface area (Å²) < 4.78 is 3.44. The number of nitrogens with zero attached hydrogens (tertiary/aromatic N) is 2. The van der Waals surface area contributed by atoms with Gasteiger partial charge in [0.05, 0.1) is 0 Å². The number of fused-ring (bicyclic) bond motifs is 2. The average molecular weight is 375 g/mol. The lowest BCUT2D eigenvalue weighted by Gasteiger charge is -2.18. The third-order valence-electron chi connectivity index (χ3n) is 4.92. The molecule has 3 nitrogen and oxygen atoms in total. The lowest BCUT2D eigenvalue weighted by atomic mass is 9.95. The number of benzene rings is 3. The van der Waals surface area contributed by atoms with Crippen molar-refractivity contribution in [1.82, 2.24) is 4.58 Å². The fourth-order valence-electron chi connectivity index (χ4n) is 3.38. The molecule has 2 aromatic rings. The molecule has 1 aliphatic heterocycles. The van der Waals surface area contributed by atoms with Crippen LogP contribution in [0.15, 0.2) is 60.7 Å². The molecule has 2 aliphatic rings. The predicted octanol–water partition coefficient (Wildman–Crippen LogP) is 4.35. The zero-order valence-electron chi connectivity index (χ0n) is 16.2. The third kappa shape index (κ3) is 3.17. The third-order valence-corrected chi connectivity index (χ3v) is 6.04. The van der Waals surface area contributed by atoms with Crippen LogP contribution in [-0.2, 0) is 0 Å². The van der Waals surface area contributed by atoms with Crippen molar-refractivity contribution in [3.63, 3.8) is 0 Å². The van der Waals surface area contributed by atoms with Crippen molar-refractivity contribution in [1.29, 1.82) is 0 Å². The van der Waals surface area contributed by atoms with E-state index in [0.29, 0.717) is 0 Å². The fourth-order valence-corrected chi connectivity index (χ4v) is 4.54. The van der Waals surface area contributed by atoms with Gasteiger partial charge in [0.25, 0.3) is 0 Å². The van der Waals surface area contributed by atoms with Gasteiger partial charge in [0, 0.05) is 58.1 Å². The van der Waals surface area contributed by atoms with E-state index in [2.05, 4.69) is 86.2 Å². The van der Waals surface area contributed by atoms with Crippen LogP contribution in [0.3, 0.4) is 0 Å². The first-order valence-corrected chi connectivity index (χ1v) is 9.80. The van der Waals surface area contributed by atoms with Crippen molar-refractivity contribution in [2.45, 2.75) is 0 Å². The second kappa shape index (κ2) is 6.71. The topological polar surface area (TPSA) is 32.3 Å². The van der Waals surface area contributed by atoms with Crippen LogP contribution in [0.2, 0.25) is 0 Å². The second-order valence-corrected chi connectivity index (χ2v) is 8.33. The number of hydrogen-bond acceptors (Lipinski definition) is 3. The van der Waals surface area contributed by atoms with Crippen molar-refractivity contribution in [3.05, 3.63) is 66.0 Å². The molecule has 0 saturated carbocycles. The standard InChI is InChI=1S/C23H23N3S/c1-25(2)17-9-11-19-21(13-17)27-22-14-18(26(3)4)10-12-20(22)23(19)15-5-7-16(24)8-6-15/h5-14,24H,1-4H3/p+1. The minimum Gasteiger partial charge on any atom is -0.399 e. The van der Waals surface area contributed by atoms with E-state index >= 15 is 0 Å². The molecule has 4 rings (SSSR count). The Bertz CT molecular complexity index is 1170. The van der Waals surface area contributed by atoms with E-state index in [1.54, 1.807) is 0 Å². The number of hydrogen-bond donors (Lipinski definition) is 1. The van der Waals surface area contributed by atoms with Crippen LogP contribution in [0.25, 0.3) is 31.7 Å². The van der Waals surface area contributed by atoms with Crippen LogP contribution in [0.4, 0.5) is 11.4 Å². The van der Waals surface area contributed by atoms with Gasteiger partial charge in [0.2, 0.25) is 5.36 Å². The highest BCUT2D eigenvalue weighted by Gasteiger charge is 2.17. The monoisotopic (exact) mass is 374 g/mol. The maximum Gasteiger partial charge on any atom is 0.200 e. The van der Waals surface area contributed by atoms with E-state index < -0.39 is 0 Å². The molecule has 1 aliphatic carbocycles. The molecule has 0 radical (unpaired) electrons. The van der Waals surface area contributed by atoms with E-state index in [9.17, 15) is 0 Å². The van der Waals surface area contributed by atoms with Gasteiger partial charge in [-0.2, -0.15) is 0 Å². The highest BCUT2D eigenvalue weighted by molar-refractivity contribution is 7.21. The van der Waals surface area contributed by atoms with Crippen LogP contribution in [0.5, 0.6) is 0 Å². The van der Waals surface area contributed by atoms with Crippen molar-refractivity contribution < 1.29 is 0 Å². The Balaban J connectivity index is 2.13. The molecule has 0 amide bonds. The second-order valence-electron chi connectivity index (χ2n) is 7.25. The maximum absolute atomic E-state index is 5.93. The lowest BCUT2D eigenvalue weighted by molar-refractivity contribution is 0.814. The molecule has 0 aromatic heterocycles. The number of nitrogens with two attached hydrogens (primary N) is 1. The van der Waals surface area contributed by atoms with E-state index in [1.807, 2.05) is 23.5 Å². The minimum atomic E-state index is 0.788. The van der Waals surface area contributed by atoms with Gasteiger partial charge in [0.15, 0.2) is 0 Å². The lowest BCUT2D eigenvalue weighted by Crippen LogP contribution is -2.21. The quantitative estimate of drug-likeness (QED) is 0.321. The molecule has 0 atom stereocenters. The Morgan fingerprint density at radius 2 is 1.63 bits per heavy atom. The van der Waals surface area contributed by atoms with Crippen molar-refractivity contribution in [2.75, 3.05) is 38.8 Å².